The van der Waals surface area contributed by atoms with Gasteiger partial charge in [-0.2, -0.15) is 0 Å². The summed E-state index contributed by atoms with van der Waals surface area (Å²) in [6.45, 7) is 0. The van der Waals surface area contributed by atoms with Crippen LogP contribution in [0, 0.1) is 0 Å². The summed E-state index contributed by atoms with van der Waals surface area (Å²) < 4.78 is 15.7. The summed E-state index contributed by atoms with van der Waals surface area (Å²) in [6, 6.07) is 15.0. The van der Waals surface area contributed by atoms with Crippen molar-refractivity contribution in [3.8, 4) is 11.5 Å². The highest BCUT2D eigenvalue weighted by atomic mass is 16.5. The van der Waals surface area contributed by atoms with Crippen LogP contribution >= 0.6 is 0 Å². The lowest BCUT2D eigenvalue weighted by Gasteiger charge is -2.46. The number of benzene rings is 2. The zero-order valence-corrected chi connectivity index (χ0v) is 13.4. The molecule has 120 valence electrons. The molecule has 1 fully saturated rings. The molecule has 2 aromatic carbocycles. The van der Waals surface area contributed by atoms with Gasteiger partial charge in [-0.15, -0.1) is 0 Å². The molecule has 3 rings (SSSR count). The first-order valence-corrected chi connectivity index (χ1v) is 7.33. The van der Waals surface area contributed by atoms with Crippen molar-refractivity contribution in [2.75, 3.05) is 26.2 Å². The molecular weight excluding hydrogens is 294 g/mol. The molecule has 0 radical (unpaired) electrons. The Kier molecular flexibility index (Phi) is 4.21. The first-order valence-electron chi connectivity index (χ1n) is 7.33. The molecule has 1 heterocycles. The van der Waals surface area contributed by atoms with Gasteiger partial charge in [-0.1, -0.05) is 12.1 Å². The quantitative estimate of drug-likeness (QED) is 0.797. The SMILES string of the molecule is COc1ccc([C@H]2[C@@H](OC)C(=O)N2c2ccc(OC)cc2)cc1. The van der Waals surface area contributed by atoms with Crippen molar-refractivity contribution in [2.24, 2.45) is 0 Å². The lowest BCUT2D eigenvalue weighted by molar-refractivity contribution is -0.139. The van der Waals surface area contributed by atoms with Gasteiger partial charge in [0, 0.05) is 12.8 Å². The third kappa shape index (κ3) is 2.64. The summed E-state index contributed by atoms with van der Waals surface area (Å²) in [7, 11) is 4.80. The summed E-state index contributed by atoms with van der Waals surface area (Å²) in [5, 5.41) is 0. The van der Waals surface area contributed by atoms with Gasteiger partial charge in [-0.25, -0.2) is 0 Å². The molecule has 5 heteroatoms. The number of hydrogen-bond acceptors (Lipinski definition) is 4. The number of methoxy groups -OCH3 is 3. The minimum absolute atomic E-state index is 0.0431. The fourth-order valence-corrected chi connectivity index (χ4v) is 2.85. The van der Waals surface area contributed by atoms with Crippen molar-refractivity contribution in [2.45, 2.75) is 12.1 Å². The second kappa shape index (κ2) is 6.30. The second-order valence-corrected chi connectivity index (χ2v) is 5.28. The van der Waals surface area contributed by atoms with Crippen molar-refractivity contribution in [1.82, 2.24) is 0 Å². The molecule has 2 aromatic rings. The molecular formula is C18H19NO4. The number of hydrogen-bond donors (Lipinski definition) is 0. The summed E-state index contributed by atoms with van der Waals surface area (Å²) in [4.78, 5) is 14.1. The molecule has 1 aliphatic heterocycles. The van der Waals surface area contributed by atoms with Crippen LogP contribution < -0.4 is 14.4 Å². The highest BCUT2D eigenvalue weighted by molar-refractivity contribution is 6.05. The third-order valence-electron chi connectivity index (χ3n) is 4.11. The van der Waals surface area contributed by atoms with E-state index in [1.165, 1.54) is 0 Å². The summed E-state index contributed by atoms with van der Waals surface area (Å²) in [5.41, 5.74) is 1.83. The molecule has 1 amide bonds. The van der Waals surface area contributed by atoms with Crippen LogP contribution in [0.25, 0.3) is 0 Å². The Morgan fingerprint density at radius 2 is 1.35 bits per heavy atom. The molecule has 0 aromatic heterocycles. The third-order valence-corrected chi connectivity index (χ3v) is 4.11. The predicted octanol–water partition coefficient (Wildman–Crippen LogP) is 2.81. The maximum atomic E-state index is 12.4. The molecule has 1 aliphatic rings. The molecule has 2 atom stereocenters. The van der Waals surface area contributed by atoms with E-state index in [-0.39, 0.29) is 11.9 Å². The number of rotatable bonds is 5. The Labute approximate surface area is 135 Å². The van der Waals surface area contributed by atoms with E-state index in [4.69, 9.17) is 14.2 Å². The molecule has 0 unspecified atom stereocenters. The lowest BCUT2D eigenvalue weighted by Crippen LogP contribution is -2.59. The van der Waals surface area contributed by atoms with Crippen LogP contribution in [0.5, 0.6) is 11.5 Å². The first kappa shape index (κ1) is 15.4. The van der Waals surface area contributed by atoms with E-state index in [9.17, 15) is 4.79 Å². The topological polar surface area (TPSA) is 48.0 Å². The summed E-state index contributed by atoms with van der Waals surface area (Å²) in [5.74, 6) is 1.49. The van der Waals surface area contributed by atoms with E-state index in [2.05, 4.69) is 0 Å². The van der Waals surface area contributed by atoms with Gasteiger partial charge in [0.2, 0.25) is 0 Å². The summed E-state index contributed by atoms with van der Waals surface area (Å²) in [6.07, 6.45) is -0.467. The maximum Gasteiger partial charge on any atom is 0.259 e. The van der Waals surface area contributed by atoms with Gasteiger partial charge in [0.1, 0.15) is 11.5 Å². The van der Waals surface area contributed by atoms with E-state index in [1.54, 1.807) is 26.2 Å². The van der Waals surface area contributed by atoms with Crippen LogP contribution in [0.3, 0.4) is 0 Å². The zero-order valence-electron chi connectivity index (χ0n) is 13.4. The smallest absolute Gasteiger partial charge is 0.259 e. The van der Waals surface area contributed by atoms with Crippen molar-refractivity contribution >= 4 is 11.6 Å². The van der Waals surface area contributed by atoms with Crippen molar-refractivity contribution in [1.29, 1.82) is 0 Å². The predicted molar refractivity (Wildman–Crippen MR) is 87.0 cm³/mol. The Morgan fingerprint density at radius 1 is 0.826 bits per heavy atom. The van der Waals surface area contributed by atoms with Gasteiger partial charge in [0.05, 0.1) is 20.3 Å². The van der Waals surface area contributed by atoms with E-state index in [1.807, 2.05) is 48.5 Å². The first-order chi connectivity index (χ1) is 11.2. The number of ether oxygens (including phenoxy) is 3. The molecule has 23 heavy (non-hydrogen) atoms. The van der Waals surface area contributed by atoms with Gasteiger partial charge in [-0.05, 0) is 42.0 Å². The average Bonchev–Trinajstić information content (AvgIpc) is 2.61. The lowest BCUT2D eigenvalue weighted by atomic mass is 9.89. The Balaban J connectivity index is 1.92. The van der Waals surface area contributed by atoms with E-state index >= 15 is 0 Å². The Bertz CT molecular complexity index is 681. The van der Waals surface area contributed by atoms with Crippen molar-refractivity contribution < 1.29 is 19.0 Å². The number of anilines is 1. The van der Waals surface area contributed by atoms with Crippen LogP contribution in [0.4, 0.5) is 5.69 Å². The average molecular weight is 313 g/mol. The number of β-lactam (4-membered cyclic amide) rings is 1. The standard InChI is InChI=1S/C18H19NO4/c1-21-14-8-4-12(5-9-14)16-17(23-3)18(20)19(16)13-6-10-15(22-2)11-7-13/h4-11,16-17H,1-3H3/t16-,17+/m0/s1. The van der Waals surface area contributed by atoms with E-state index < -0.39 is 6.10 Å². The van der Waals surface area contributed by atoms with Crippen LogP contribution in [0.1, 0.15) is 11.6 Å². The van der Waals surface area contributed by atoms with Gasteiger partial charge < -0.3 is 14.2 Å². The van der Waals surface area contributed by atoms with Gasteiger partial charge in [0.25, 0.3) is 5.91 Å². The molecule has 0 spiro atoms. The van der Waals surface area contributed by atoms with Gasteiger partial charge >= 0.3 is 0 Å². The highest BCUT2D eigenvalue weighted by Gasteiger charge is 2.49. The molecule has 0 aliphatic carbocycles. The zero-order chi connectivity index (χ0) is 16.4. The Morgan fingerprint density at radius 3 is 1.83 bits per heavy atom. The monoisotopic (exact) mass is 313 g/mol. The molecule has 0 bridgehead atoms. The number of nitrogens with zero attached hydrogens (tertiary/aromatic N) is 1. The minimum atomic E-state index is -0.467. The van der Waals surface area contributed by atoms with Gasteiger partial charge in [0.15, 0.2) is 6.10 Å². The molecule has 0 N–H and O–H groups in total. The van der Waals surface area contributed by atoms with Crippen molar-refractivity contribution in [3.05, 3.63) is 54.1 Å². The highest BCUT2D eigenvalue weighted by Crippen LogP contribution is 2.41. The largest absolute Gasteiger partial charge is 0.497 e. The number of carbonyl (C=O) groups excluding carboxylic acids is 1. The second-order valence-electron chi connectivity index (χ2n) is 5.28. The minimum Gasteiger partial charge on any atom is -0.497 e. The molecule has 1 saturated heterocycles. The van der Waals surface area contributed by atoms with E-state index in [0.717, 1.165) is 22.7 Å². The van der Waals surface area contributed by atoms with Gasteiger partial charge in [-0.3, -0.25) is 9.69 Å². The maximum absolute atomic E-state index is 12.4. The number of carbonyl (C=O) groups is 1. The number of amides is 1. The van der Waals surface area contributed by atoms with E-state index in [0.29, 0.717) is 0 Å². The van der Waals surface area contributed by atoms with Crippen LogP contribution in [0.2, 0.25) is 0 Å². The molecule has 0 saturated carbocycles. The fraction of sp³-hybridized carbons (Fsp3) is 0.278. The summed E-state index contributed by atoms with van der Waals surface area (Å²) >= 11 is 0. The van der Waals surface area contributed by atoms with Crippen LogP contribution in [-0.4, -0.2) is 33.3 Å². The fourth-order valence-electron chi connectivity index (χ4n) is 2.85. The normalized spacial score (nSPS) is 20.1. The van der Waals surface area contributed by atoms with Crippen LogP contribution in [-0.2, 0) is 9.53 Å². The Hall–Kier alpha value is -2.53. The van der Waals surface area contributed by atoms with Crippen LogP contribution in [0.15, 0.2) is 48.5 Å². The molecule has 5 nitrogen and oxygen atoms in total. The van der Waals surface area contributed by atoms with Crippen molar-refractivity contribution in [3.63, 3.8) is 0 Å².